The first-order chi connectivity index (χ1) is 12.1. The fourth-order valence-corrected chi connectivity index (χ4v) is 4.12. The zero-order valence-corrected chi connectivity index (χ0v) is 14.7. The summed E-state index contributed by atoms with van der Waals surface area (Å²) in [5, 5.41) is 2.69. The van der Waals surface area contributed by atoms with Crippen LogP contribution in [0, 0.1) is 17.8 Å². The van der Waals surface area contributed by atoms with Crippen LogP contribution in [0.1, 0.15) is 32.1 Å². The predicted octanol–water partition coefficient (Wildman–Crippen LogP) is 3.01. The lowest BCUT2D eigenvalue weighted by atomic mass is 9.86. The molecule has 2 saturated carbocycles. The van der Waals surface area contributed by atoms with Crippen LogP contribution in [-0.2, 0) is 14.3 Å². The molecular weight excluding hydrogens is 322 g/mol. The Morgan fingerprint density at radius 2 is 1.80 bits per heavy atom. The number of rotatable bonds is 7. The fourth-order valence-electron chi connectivity index (χ4n) is 4.12. The molecule has 2 aliphatic carbocycles. The van der Waals surface area contributed by atoms with E-state index in [0.717, 1.165) is 12.3 Å². The summed E-state index contributed by atoms with van der Waals surface area (Å²) in [6.07, 6.45) is 5.37. The number of nitrogens with one attached hydrogen (secondary N) is 1. The van der Waals surface area contributed by atoms with Gasteiger partial charge in [0.05, 0.1) is 14.2 Å². The maximum Gasteiger partial charge on any atom is 0.306 e. The molecule has 0 spiro atoms. The second-order valence-corrected chi connectivity index (χ2v) is 6.95. The van der Waals surface area contributed by atoms with Crippen LogP contribution in [0.5, 0.6) is 11.5 Å². The largest absolute Gasteiger partial charge is 0.497 e. The lowest BCUT2D eigenvalue weighted by molar-refractivity contribution is -0.148. The van der Waals surface area contributed by atoms with Gasteiger partial charge in [0, 0.05) is 30.3 Å². The first-order valence-corrected chi connectivity index (χ1v) is 8.76. The molecule has 136 valence electrons. The molecule has 2 fully saturated rings. The Morgan fingerprint density at radius 3 is 2.36 bits per heavy atom. The summed E-state index contributed by atoms with van der Waals surface area (Å²) in [5.41, 5.74) is 0.533. The van der Waals surface area contributed by atoms with E-state index in [0.29, 0.717) is 35.4 Å². The zero-order chi connectivity index (χ0) is 17.8. The molecule has 6 heteroatoms. The third kappa shape index (κ3) is 4.44. The molecular formula is C19H25NO5. The van der Waals surface area contributed by atoms with Gasteiger partial charge in [-0.3, -0.25) is 9.59 Å². The number of anilines is 1. The zero-order valence-electron chi connectivity index (χ0n) is 14.7. The van der Waals surface area contributed by atoms with Crippen molar-refractivity contribution < 1.29 is 23.8 Å². The third-order valence-corrected chi connectivity index (χ3v) is 5.31. The molecule has 1 N–H and O–H groups in total. The number of carbonyl (C=O) groups is 2. The molecule has 0 heterocycles. The number of benzene rings is 1. The van der Waals surface area contributed by atoms with E-state index in [1.54, 1.807) is 18.2 Å². The highest BCUT2D eigenvalue weighted by Crippen LogP contribution is 2.49. The van der Waals surface area contributed by atoms with Crippen molar-refractivity contribution in [3.05, 3.63) is 18.2 Å². The summed E-state index contributed by atoms with van der Waals surface area (Å²) in [5.74, 6) is 2.40. The van der Waals surface area contributed by atoms with E-state index >= 15 is 0 Å². The number of hydrogen-bond acceptors (Lipinski definition) is 5. The predicted molar refractivity (Wildman–Crippen MR) is 92.7 cm³/mol. The minimum absolute atomic E-state index is 0.279. The highest BCUT2D eigenvalue weighted by atomic mass is 16.5. The highest BCUT2D eigenvalue weighted by molar-refractivity contribution is 5.93. The van der Waals surface area contributed by atoms with Crippen LogP contribution in [0.25, 0.3) is 0 Å². The molecule has 6 nitrogen and oxygen atoms in total. The number of carbonyl (C=O) groups excluding carboxylic acids is 2. The third-order valence-electron chi connectivity index (χ3n) is 5.31. The molecule has 0 aliphatic heterocycles. The van der Waals surface area contributed by atoms with E-state index in [4.69, 9.17) is 14.2 Å². The van der Waals surface area contributed by atoms with Gasteiger partial charge in [-0.2, -0.15) is 0 Å². The topological polar surface area (TPSA) is 73.9 Å². The van der Waals surface area contributed by atoms with Gasteiger partial charge in [-0.15, -0.1) is 0 Å². The van der Waals surface area contributed by atoms with Crippen LogP contribution < -0.4 is 14.8 Å². The van der Waals surface area contributed by atoms with E-state index in [1.807, 2.05) is 0 Å². The summed E-state index contributed by atoms with van der Waals surface area (Å²) < 4.78 is 15.5. The molecule has 2 aliphatic rings. The van der Waals surface area contributed by atoms with Gasteiger partial charge in [-0.25, -0.2) is 0 Å². The van der Waals surface area contributed by atoms with Crippen LogP contribution in [0.2, 0.25) is 0 Å². The van der Waals surface area contributed by atoms with Gasteiger partial charge in [0.2, 0.25) is 0 Å². The number of ether oxygens (including phenoxy) is 3. The SMILES string of the molecule is COc1cc(NC(=O)COC(=O)C[C@H]2C[C@H]3CC[C@@H]2C3)cc(OC)c1. The van der Waals surface area contributed by atoms with E-state index in [-0.39, 0.29) is 18.5 Å². The Labute approximate surface area is 147 Å². The van der Waals surface area contributed by atoms with Crippen molar-refractivity contribution in [3.63, 3.8) is 0 Å². The molecule has 0 radical (unpaired) electrons. The van der Waals surface area contributed by atoms with Crippen LogP contribution in [0.3, 0.4) is 0 Å². The Bertz CT molecular complexity index is 622. The van der Waals surface area contributed by atoms with Crippen molar-refractivity contribution in [2.45, 2.75) is 32.1 Å². The molecule has 0 aromatic heterocycles. The molecule has 3 atom stereocenters. The minimum Gasteiger partial charge on any atom is -0.497 e. The van der Waals surface area contributed by atoms with Crippen LogP contribution in [-0.4, -0.2) is 32.7 Å². The number of hydrogen-bond donors (Lipinski definition) is 1. The molecule has 1 aromatic carbocycles. The van der Waals surface area contributed by atoms with Crippen LogP contribution in [0.15, 0.2) is 18.2 Å². The fraction of sp³-hybridized carbons (Fsp3) is 0.579. The number of methoxy groups -OCH3 is 2. The van der Waals surface area contributed by atoms with Crippen molar-refractivity contribution in [3.8, 4) is 11.5 Å². The minimum atomic E-state index is -0.378. The van der Waals surface area contributed by atoms with Crippen molar-refractivity contribution >= 4 is 17.6 Å². The Morgan fingerprint density at radius 1 is 1.08 bits per heavy atom. The van der Waals surface area contributed by atoms with Gasteiger partial charge in [0.1, 0.15) is 11.5 Å². The van der Waals surface area contributed by atoms with E-state index < -0.39 is 0 Å². The Kier molecular flexibility index (Phi) is 5.46. The first kappa shape index (κ1) is 17.6. The summed E-state index contributed by atoms with van der Waals surface area (Å²) in [7, 11) is 3.08. The standard InChI is InChI=1S/C19H25NO5/c1-23-16-8-15(9-17(10-16)24-2)20-18(21)11-25-19(22)7-14-6-12-3-4-13(14)5-12/h8-10,12-14H,3-7,11H2,1-2H3,(H,20,21)/t12-,13+,14+/m0/s1. The van der Waals surface area contributed by atoms with Gasteiger partial charge in [-0.05, 0) is 37.0 Å². The highest BCUT2D eigenvalue weighted by Gasteiger charge is 2.40. The van der Waals surface area contributed by atoms with Gasteiger partial charge in [0.15, 0.2) is 6.61 Å². The molecule has 0 unspecified atom stereocenters. The van der Waals surface area contributed by atoms with Crippen LogP contribution >= 0.6 is 0 Å². The second kappa shape index (κ2) is 7.76. The molecule has 1 aromatic rings. The van der Waals surface area contributed by atoms with Gasteiger partial charge < -0.3 is 19.5 Å². The van der Waals surface area contributed by atoms with Gasteiger partial charge in [0.25, 0.3) is 5.91 Å². The summed E-state index contributed by atoms with van der Waals surface area (Å²) in [6.45, 7) is -0.279. The quantitative estimate of drug-likeness (QED) is 0.768. The first-order valence-electron chi connectivity index (χ1n) is 8.76. The van der Waals surface area contributed by atoms with Gasteiger partial charge >= 0.3 is 5.97 Å². The molecule has 0 saturated heterocycles. The Hall–Kier alpha value is -2.24. The second-order valence-electron chi connectivity index (χ2n) is 6.95. The summed E-state index contributed by atoms with van der Waals surface area (Å²) in [6, 6.07) is 5.07. The van der Waals surface area contributed by atoms with Crippen molar-refractivity contribution in [2.24, 2.45) is 17.8 Å². The van der Waals surface area contributed by atoms with Crippen molar-refractivity contribution in [1.29, 1.82) is 0 Å². The monoisotopic (exact) mass is 347 g/mol. The maximum atomic E-state index is 12.0. The van der Waals surface area contributed by atoms with Crippen molar-refractivity contribution in [2.75, 3.05) is 26.1 Å². The average molecular weight is 347 g/mol. The normalized spacial score (nSPS) is 24.0. The molecule has 1 amide bonds. The summed E-state index contributed by atoms with van der Waals surface area (Å²) >= 11 is 0. The lowest BCUT2D eigenvalue weighted by Crippen LogP contribution is -2.23. The van der Waals surface area contributed by atoms with E-state index in [9.17, 15) is 9.59 Å². The smallest absolute Gasteiger partial charge is 0.306 e. The molecule has 2 bridgehead atoms. The summed E-state index contributed by atoms with van der Waals surface area (Å²) in [4.78, 5) is 24.0. The average Bonchev–Trinajstić information content (AvgIpc) is 3.22. The number of amides is 1. The number of esters is 1. The van der Waals surface area contributed by atoms with Crippen molar-refractivity contribution in [1.82, 2.24) is 0 Å². The molecule has 3 rings (SSSR count). The maximum absolute atomic E-state index is 12.0. The lowest BCUT2D eigenvalue weighted by Gasteiger charge is -2.20. The van der Waals surface area contributed by atoms with E-state index in [1.165, 1.54) is 33.5 Å². The van der Waals surface area contributed by atoms with E-state index in [2.05, 4.69) is 5.32 Å². The van der Waals surface area contributed by atoms with Gasteiger partial charge in [-0.1, -0.05) is 6.42 Å². The Balaban J connectivity index is 1.45. The number of fused-ring (bicyclic) bond motifs is 2. The molecule has 25 heavy (non-hydrogen) atoms. The van der Waals surface area contributed by atoms with Crippen LogP contribution in [0.4, 0.5) is 5.69 Å².